The SMILES string of the molecule is CC(C)NC(=O)NC(=O)c1cccnc1. The van der Waals surface area contributed by atoms with Gasteiger partial charge in [-0.05, 0) is 26.0 Å². The molecule has 5 nitrogen and oxygen atoms in total. The number of hydrogen-bond donors (Lipinski definition) is 2. The highest BCUT2D eigenvalue weighted by atomic mass is 16.2. The lowest BCUT2D eigenvalue weighted by Gasteiger charge is -2.08. The van der Waals surface area contributed by atoms with Gasteiger partial charge in [0.1, 0.15) is 0 Å². The first kappa shape index (κ1) is 11.2. The third kappa shape index (κ3) is 3.76. The Morgan fingerprint density at radius 3 is 2.67 bits per heavy atom. The molecule has 0 aliphatic rings. The Hall–Kier alpha value is -1.91. The Balaban J connectivity index is 2.53. The van der Waals surface area contributed by atoms with Gasteiger partial charge in [0.15, 0.2) is 0 Å². The number of imide groups is 1. The molecule has 2 N–H and O–H groups in total. The number of rotatable bonds is 2. The molecule has 0 aliphatic carbocycles. The summed E-state index contributed by atoms with van der Waals surface area (Å²) in [5.41, 5.74) is 0.358. The van der Waals surface area contributed by atoms with Crippen molar-refractivity contribution in [2.45, 2.75) is 19.9 Å². The fourth-order valence-corrected chi connectivity index (χ4v) is 0.971. The van der Waals surface area contributed by atoms with E-state index in [0.717, 1.165) is 0 Å². The molecule has 1 rings (SSSR count). The van der Waals surface area contributed by atoms with Crippen molar-refractivity contribution in [2.24, 2.45) is 0 Å². The number of nitrogens with one attached hydrogen (secondary N) is 2. The number of hydrogen-bond acceptors (Lipinski definition) is 3. The molecule has 0 spiro atoms. The van der Waals surface area contributed by atoms with Crippen LogP contribution < -0.4 is 10.6 Å². The number of carbonyl (C=O) groups is 2. The summed E-state index contributed by atoms with van der Waals surface area (Å²) in [5, 5.41) is 4.75. The number of urea groups is 1. The monoisotopic (exact) mass is 207 g/mol. The molecule has 0 unspecified atom stereocenters. The van der Waals surface area contributed by atoms with Crippen LogP contribution in [-0.4, -0.2) is 23.0 Å². The van der Waals surface area contributed by atoms with Gasteiger partial charge in [-0.15, -0.1) is 0 Å². The number of pyridine rings is 1. The van der Waals surface area contributed by atoms with E-state index in [1.54, 1.807) is 18.3 Å². The minimum atomic E-state index is -0.501. The van der Waals surface area contributed by atoms with Crippen molar-refractivity contribution in [3.05, 3.63) is 30.1 Å². The van der Waals surface area contributed by atoms with Gasteiger partial charge >= 0.3 is 6.03 Å². The van der Waals surface area contributed by atoms with Gasteiger partial charge in [-0.1, -0.05) is 0 Å². The number of carbonyl (C=O) groups excluding carboxylic acids is 2. The molecule has 0 atom stereocenters. The molecule has 1 aromatic rings. The average Bonchev–Trinajstić information content (AvgIpc) is 2.17. The molecule has 80 valence electrons. The van der Waals surface area contributed by atoms with E-state index < -0.39 is 11.9 Å². The van der Waals surface area contributed by atoms with E-state index in [0.29, 0.717) is 5.56 Å². The van der Waals surface area contributed by atoms with Gasteiger partial charge in [0.05, 0.1) is 5.56 Å². The van der Waals surface area contributed by atoms with Crippen molar-refractivity contribution in [2.75, 3.05) is 0 Å². The van der Waals surface area contributed by atoms with Crippen molar-refractivity contribution in [1.82, 2.24) is 15.6 Å². The minimum Gasteiger partial charge on any atom is -0.336 e. The summed E-state index contributed by atoms with van der Waals surface area (Å²) >= 11 is 0. The fraction of sp³-hybridized carbons (Fsp3) is 0.300. The number of aromatic nitrogens is 1. The standard InChI is InChI=1S/C10H13N3O2/c1-7(2)12-10(15)13-9(14)8-4-3-5-11-6-8/h3-7H,1-2H3,(H2,12,13,14,15). The van der Waals surface area contributed by atoms with E-state index in [-0.39, 0.29) is 6.04 Å². The lowest BCUT2D eigenvalue weighted by molar-refractivity contribution is 0.0963. The Kier molecular flexibility index (Phi) is 3.79. The zero-order valence-electron chi connectivity index (χ0n) is 8.65. The molecule has 0 saturated carbocycles. The maximum atomic E-state index is 11.4. The lowest BCUT2D eigenvalue weighted by Crippen LogP contribution is -2.42. The molecule has 0 aliphatic heterocycles. The second-order valence-corrected chi connectivity index (χ2v) is 3.32. The first-order chi connectivity index (χ1) is 7.09. The van der Waals surface area contributed by atoms with E-state index in [1.807, 2.05) is 13.8 Å². The smallest absolute Gasteiger partial charge is 0.321 e. The molecule has 0 saturated heterocycles. The zero-order valence-corrected chi connectivity index (χ0v) is 8.65. The molecule has 1 aromatic heterocycles. The Morgan fingerprint density at radius 1 is 1.40 bits per heavy atom. The van der Waals surface area contributed by atoms with Crippen LogP contribution in [0.2, 0.25) is 0 Å². The second kappa shape index (κ2) is 5.09. The summed E-state index contributed by atoms with van der Waals surface area (Å²) in [7, 11) is 0. The van der Waals surface area contributed by atoms with Gasteiger partial charge in [-0.25, -0.2) is 4.79 Å². The van der Waals surface area contributed by atoms with E-state index in [4.69, 9.17) is 0 Å². The van der Waals surface area contributed by atoms with Crippen LogP contribution in [0.1, 0.15) is 24.2 Å². The van der Waals surface area contributed by atoms with Crippen molar-refractivity contribution in [3.8, 4) is 0 Å². The van der Waals surface area contributed by atoms with E-state index in [2.05, 4.69) is 15.6 Å². The molecular weight excluding hydrogens is 194 g/mol. The van der Waals surface area contributed by atoms with Crippen LogP contribution in [-0.2, 0) is 0 Å². The summed E-state index contributed by atoms with van der Waals surface area (Å²) in [4.78, 5) is 26.4. The van der Waals surface area contributed by atoms with Gasteiger partial charge < -0.3 is 5.32 Å². The Bertz CT molecular complexity index is 349. The lowest BCUT2D eigenvalue weighted by atomic mass is 10.3. The average molecular weight is 207 g/mol. The van der Waals surface area contributed by atoms with Crippen molar-refractivity contribution >= 4 is 11.9 Å². The third-order valence-corrected chi connectivity index (χ3v) is 1.57. The van der Waals surface area contributed by atoms with E-state index in [1.165, 1.54) is 6.20 Å². The first-order valence-electron chi connectivity index (χ1n) is 4.61. The normalized spacial score (nSPS) is 9.80. The quantitative estimate of drug-likeness (QED) is 0.757. The van der Waals surface area contributed by atoms with Crippen LogP contribution in [0.5, 0.6) is 0 Å². The highest BCUT2D eigenvalue weighted by Gasteiger charge is 2.09. The van der Waals surface area contributed by atoms with Gasteiger partial charge in [-0.3, -0.25) is 15.1 Å². The number of nitrogens with zero attached hydrogens (tertiary/aromatic N) is 1. The Morgan fingerprint density at radius 2 is 2.13 bits per heavy atom. The van der Waals surface area contributed by atoms with Crippen molar-refractivity contribution < 1.29 is 9.59 Å². The van der Waals surface area contributed by atoms with Crippen LogP contribution in [0.25, 0.3) is 0 Å². The highest BCUT2D eigenvalue weighted by Crippen LogP contribution is 1.94. The van der Waals surface area contributed by atoms with Crippen molar-refractivity contribution in [1.29, 1.82) is 0 Å². The zero-order chi connectivity index (χ0) is 11.3. The molecular formula is C10H13N3O2. The Labute approximate surface area is 87.9 Å². The highest BCUT2D eigenvalue weighted by molar-refractivity contribution is 6.03. The summed E-state index contributed by atoms with van der Waals surface area (Å²) in [5.74, 6) is -0.457. The van der Waals surface area contributed by atoms with Crippen LogP contribution in [0.3, 0.4) is 0 Å². The van der Waals surface area contributed by atoms with Gasteiger partial charge in [0, 0.05) is 18.4 Å². The molecule has 3 amide bonds. The summed E-state index contributed by atoms with van der Waals surface area (Å²) in [6, 6.07) is 2.71. The van der Waals surface area contributed by atoms with Crippen LogP contribution in [0, 0.1) is 0 Å². The summed E-state index contributed by atoms with van der Waals surface area (Å²) in [6.45, 7) is 3.63. The second-order valence-electron chi connectivity index (χ2n) is 3.32. The maximum absolute atomic E-state index is 11.4. The third-order valence-electron chi connectivity index (χ3n) is 1.57. The van der Waals surface area contributed by atoms with Crippen LogP contribution in [0.15, 0.2) is 24.5 Å². The minimum absolute atomic E-state index is 0.00769. The summed E-state index contributed by atoms with van der Waals surface area (Å²) < 4.78 is 0. The molecule has 0 bridgehead atoms. The first-order valence-corrected chi connectivity index (χ1v) is 4.61. The largest absolute Gasteiger partial charge is 0.336 e. The van der Waals surface area contributed by atoms with E-state index in [9.17, 15) is 9.59 Å². The topological polar surface area (TPSA) is 71.1 Å². The fourth-order valence-electron chi connectivity index (χ4n) is 0.971. The van der Waals surface area contributed by atoms with Gasteiger partial charge in [0.2, 0.25) is 0 Å². The molecule has 0 aromatic carbocycles. The predicted octanol–water partition coefficient (Wildman–Crippen LogP) is 0.929. The maximum Gasteiger partial charge on any atom is 0.321 e. The molecule has 0 fully saturated rings. The van der Waals surface area contributed by atoms with Crippen molar-refractivity contribution in [3.63, 3.8) is 0 Å². The van der Waals surface area contributed by atoms with E-state index >= 15 is 0 Å². The molecule has 0 radical (unpaired) electrons. The van der Waals surface area contributed by atoms with Gasteiger partial charge in [-0.2, -0.15) is 0 Å². The molecule has 1 heterocycles. The molecule has 15 heavy (non-hydrogen) atoms. The summed E-state index contributed by atoms with van der Waals surface area (Å²) in [6.07, 6.45) is 2.96. The van der Waals surface area contributed by atoms with Crippen LogP contribution >= 0.6 is 0 Å². The predicted molar refractivity (Wildman–Crippen MR) is 55.4 cm³/mol. The number of amides is 3. The van der Waals surface area contributed by atoms with Gasteiger partial charge in [0.25, 0.3) is 5.91 Å². The molecule has 5 heteroatoms. The van der Waals surface area contributed by atoms with Crippen LogP contribution in [0.4, 0.5) is 4.79 Å².